The van der Waals surface area contributed by atoms with Gasteiger partial charge in [-0.2, -0.15) is 0 Å². The summed E-state index contributed by atoms with van der Waals surface area (Å²) in [6.07, 6.45) is 4.41. The topological polar surface area (TPSA) is 40.7 Å². The van der Waals surface area contributed by atoms with E-state index in [-0.39, 0.29) is 0 Å². The fourth-order valence-electron chi connectivity index (χ4n) is 1.74. The van der Waals surface area contributed by atoms with E-state index in [1.54, 1.807) is 6.33 Å². The van der Waals surface area contributed by atoms with Crippen molar-refractivity contribution in [1.29, 1.82) is 0 Å². The Balaban J connectivity index is 1.78. The number of hydrogen-bond donors (Lipinski definition) is 2. The van der Waals surface area contributed by atoms with Crippen LogP contribution in [0.2, 0.25) is 0 Å². The molecule has 0 aliphatic heterocycles. The van der Waals surface area contributed by atoms with Gasteiger partial charge in [0.05, 0.1) is 12.0 Å². The average molecular weight is 179 g/mol. The molecular weight excluding hydrogens is 162 g/mol. The molecule has 2 rings (SSSR count). The molecule has 1 aromatic heterocycles. The zero-order chi connectivity index (χ0) is 9.26. The average Bonchev–Trinajstić information content (AvgIpc) is 2.79. The molecule has 1 aliphatic rings. The predicted octanol–water partition coefficient (Wildman–Crippen LogP) is 1.61. The first kappa shape index (κ1) is 8.75. The minimum absolute atomic E-state index is 0.751. The number of nitrogens with zero attached hydrogens (tertiary/aromatic N) is 1. The summed E-state index contributed by atoms with van der Waals surface area (Å²) in [7, 11) is 0. The molecule has 72 valence electrons. The Labute approximate surface area is 79.0 Å². The van der Waals surface area contributed by atoms with Crippen molar-refractivity contribution in [3.05, 3.63) is 17.7 Å². The molecule has 3 nitrogen and oxygen atoms in total. The fourth-order valence-corrected chi connectivity index (χ4v) is 1.74. The fraction of sp³-hybridized carbons (Fsp3) is 0.700. The number of hydrogen-bond acceptors (Lipinski definition) is 2. The standard InChI is InChI=1S/C10H17N3/c1-3-8-4-9(8)11-5-10-7(2)12-6-13-10/h6,8-9,11H,3-5H2,1-2H3,(H,12,13). The Hall–Kier alpha value is -0.830. The lowest BCUT2D eigenvalue weighted by Gasteiger charge is -2.01. The second-order valence-corrected chi connectivity index (χ2v) is 3.87. The minimum atomic E-state index is 0.751. The lowest BCUT2D eigenvalue weighted by molar-refractivity contribution is 0.615. The highest BCUT2D eigenvalue weighted by Gasteiger charge is 2.34. The molecule has 3 heteroatoms. The first-order chi connectivity index (χ1) is 6.31. The first-order valence-electron chi connectivity index (χ1n) is 5.03. The molecular formula is C10H17N3. The highest BCUT2D eigenvalue weighted by atomic mass is 15.0. The molecule has 0 amide bonds. The molecule has 1 aliphatic carbocycles. The van der Waals surface area contributed by atoms with Crippen LogP contribution in [0.25, 0.3) is 0 Å². The largest absolute Gasteiger partial charge is 0.348 e. The van der Waals surface area contributed by atoms with Crippen molar-refractivity contribution in [3.8, 4) is 0 Å². The molecule has 2 atom stereocenters. The van der Waals surface area contributed by atoms with Crippen LogP contribution >= 0.6 is 0 Å². The maximum Gasteiger partial charge on any atom is 0.0925 e. The van der Waals surface area contributed by atoms with Gasteiger partial charge in [-0.15, -0.1) is 0 Å². The Morgan fingerprint density at radius 1 is 1.69 bits per heavy atom. The maximum atomic E-state index is 4.25. The third-order valence-corrected chi connectivity index (χ3v) is 2.91. The zero-order valence-electron chi connectivity index (χ0n) is 8.30. The van der Waals surface area contributed by atoms with E-state index in [0.717, 1.165) is 24.2 Å². The van der Waals surface area contributed by atoms with Crippen molar-refractivity contribution < 1.29 is 0 Å². The van der Waals surface area contributed by atoms with Gasteiger partial charge in [-0.3, -0.25) is 0 Å². The number of imidazole rings is 1. The SMILES string of the molecule is CCC1CC1NCc1nc[nH]c1C. The van der Waals surface area contributed by atoms with Gasteiger partial charge in [0, 0.05) is 18.3 Å². The molecule has 2 N–H and O–H groups in total. The number of H-pyrrole nitrogens is 1. The number of aryl methyl sites for hydroxylation is 1. The predicted molar refractivity (Wildman–Crippen MR) is 52.4 cm³/mol. The second kappa shape index (κ2) is 3.50. The van der Waals surface area contributed by atoms with E-state index >= 15 is 0 Å². The van der Waals surface area contributed by atoms with E-state index in [4.69, 9.17) is 0 Å². The normalized spacial score (nSPS) is 26.3. The molecule has 1 saturated carbocycles. The molecule has 1 aromatic rings. The Bertz CT molecular complexity index is 279. The quantitative estimate of drug-likeness (QED) is 0.737. The van der Waals surface area contributed by atoms with Crippen molar-refractivity contribution in [2.75, 3.05) is 0 Å². The summed E-state index contributed by atoms with van der Waals surface area (Å²) in [6.45, 7) is 5.23. The van der Waals surface area contributed by atoms with Crippen molar-refractivity contribution in [2.45, 2.75) is 39.3 Å². The maximum absolute atomic E-state index is 4.25. The van der Waals surface area contributed by atoms with Crippen molar-refractivity contribution >= 4 is 0 Å². The summed E-state index contributed by atoms with van der Waals surface area (Å²) >= 11 is 0. The van der Waals surface area contributed by atoms with E-state index in [9.17, 15) is 0 Å². The Morgan fingerprint density at radius 3 is 3.08 bits per heavy atom. The van der Waals surface area contributed by atoms with Crippen LogP contribution in [0, 0.1) is 12.8 Å². The van der Waals surface area contributed by atoms with Gasteiger partial charge in [-0.1, -0.05) is 13.3 Å². The second-order valence-electron chi connectivity index (χ2n) is 3.87. The summed E-state index contributed by atoms with van der Waals surface area (Å²) in [5.74, 6) is 0.916. The highest BCUT2D eigenvalue weighted by molar-refractivity contribution is 5.09. The molecule has 0 aromatic carbocycles. The van der Waals surface area contributed by atoms with Gasteiger partial charge in [-0.25, -0.2) is 4.98 Å². The van der Waals surface area contributed by atoms with E-state index in [1.807, 2.05) is 0 Å². The van der Waals surface area contributed by atoms with Crippen LogP contribution in [0.15, 0.2) is 6.33 Å². The van der Waals surface area contributed by atoms with E-state index in [2.05, 4.69) is 29.1 Å². The lowest BCUT2D eigenvalue weighted by atomic mass is 10.3. The van der Waals surface area contributed by atoms with Crippen LogP contribution in [0.1, 0.15) is 31.2 Å². The van der Waals surface area contributed by atoms with Gasteiger partial charge in [-0.05, 0) is 19.3 Å². The van der Waals surface area contributed by atoms with Gasteiger partial charge in [0.2, 0.25) is 0 Å². The molecule has 0 spiro atoms. The van der Waals surface area contributed by atoms with E-state index < -0.39 is 0 Å². The van der Waals surface area contributed by atoms with E-state index in [1.165, 1.54) is 18.5 Å². The van der Waals surface area contributed by atoms with Gasteiger partial charge >= 0.3 is 0 Å². The van der Waals surface area contributed by atoms with E-state index in [0.29, 0.717) is 0 Å². The molecule has 2 unspecified atom stereocenters. The third-order valence-electron chi connectivity index (χ3n) is 2.91. The smallest absolute Gasteiger partial charge is 0.0925 e. The van der Waals surface area contributed by atoms with Crippen LogP contribution in [-0.2, 0) is 6.54 Å². The summed E-state index contributed by atoms with van der Waals surface area (Å²) in [5, 5.41) is 3.52. The Morgan fingerprint density at radius 2 is 2.54 bits per heavy atom. The Kier molecular flexibility index (Phi) is 2.36. The number of nitrogens with one attached hydrogen (secondary N) is 2. The van der Waals surface area contributed by atoms with Crippen LogP contribution < -0.4 is 5.32 Å². The molecule has 0 saturated heterocycles. The summed E-state index contributed by atoms with van der Waals surface area (Å²) in [6, 6.07) is 0.751. The van der Waals surface area contributed by atoms with Crippen LogP contribution in [-0.4, -0.2) is 16.0 Å². The van der Waals surface area contributed by atoms with Gasteiger partial charge in [0.1, 0.15) is 0 Å². The summed E-state index contributed by atoms with van der Waals surface area (Å²) in [5.41, 5.74) is 2.34. The number of aromatic amines is 1. The van der Waals surface area contributed by atoms with Crippen LogP contribution in [0.4, 0.5) is 0 Å². The molecule has 1 fully saturated rings. The van der Waals surface area contributed by atoms with Crippen LogP contribution in [0.3, 0.4) is 0 Å². The minimum Gasteiger partial charge on any atom is -0.348 e. The zero-order valence-corrected chi connectivity index (χ0v) is 8.30. The van der Waals surface area contributed by atoms with Gasteiger partial charge in [0.25, 0.3) is 0 Å². The monoisotopic (exact) mass is 179 g/mol. The number of rotatable bonds is 4. The van der Waals surface area contributed by atoms with Crippen molar-refractivity contribution in [2.24, 2.45) is 5.92 Å². The summed E-state index contributed by atoms with van der Waals surface area (Å²) < 4.78 is 0. The highest BCUT2D eigenvalue weighted by Crippen LogP contribution is 2.33. The lowest BCUT2D eigenvalue weighted by Crippen LogP contribution is -2.18. The first-order valence-corrected chi connectivity index (χ1v) is 5.03. The molecule has 13 heavy (non-hydrogen) atoms. The third kappa shape index (κ3) is 1.91. The molecule has 0 radical (unpaired) electrons. The number of aromatic nitrogens is 2. The van der Waals surface area contributed by atoms with Crippen LogP contribution in [0.5, 0.6) is 0 Å². The molecule has 1 heterocycles. The summed E-state index contributed by atoms with van der Waals surface area (Å²) in [4.78, 5) is 7.34. The molecule has 0 bridgehead atoms. The van der Waals surface area contributed by atoms with Crippen molar-refractivity contribution in [1.82, 2.24) is 15.3 Å². The van der Waals surface area contributed by atoms with Crippen molar-refractivity contribution in [3.63, 3.8) is 0 Å². The van der Waals surface area contributed by atoms with Gasteiger partial charge < -0.3 is 10.3 Å². The van der Waals surface area contributed by atoms with Gasteiger partial charge in [0.15, 0.2) is 0 Å².